The zero-order valence-corrected chi connectivity index (χ0v) is 20.5. The van der Waals surface area contributed by atoms with E-state index in [1.54, 1.807) is 7.11 Å². The molecule has 5 rings (SSSR count). The Morgan fingerprint density at radius 1 is 1.03 bits per heavy atom. The van der Waals surface area contributed by atoms with Crippen molar-refractivity contribution < 1.29 is 4.74 Å². The number of hydrogen-bond acceptors (Lipinski definition) is 3. The summed E-state index contributed by atoms with van der Waals surface area (Å²) < 4.78 is 8.58. The van der Waals surface area contributed by atoms with Crippen LogP contribution in [0.25, 0.3) is 5.69 Å². The molecule has 1 N–H and O–H groups in total. The van der Waals surface area contributed by atoms with Crippen LogP contribution in [0, 0.1) is 0 Å². The Bertz CT molecular complexity index is 1260. The van der Waals surface area contributed by atoms with Gasteiger partial charge in [-0.1, -0.05) is 40.2 Å². The molecule has 1 fully saturated rings. The van der Waals surface area contributed by atoms with E-state index in [4.69, 9.17) is 17.0 Å². The summed E-state index contributed by atoms with van der Waals surface area (Å²) >= 11 is 9.45. The van der Waals surface area contributed by atoms with E-state index >= 15 is 0 Å². The summed E-state index contributed by atoms with van der Waals surface area (Å²) in [4.78, 5) is 6.90. The van der Waals surface area contributed by atoms with Crippen molar-refractivity contribution in [1.29, 1.82) is 0 Å². The number of hydrogen-bond donors (Lipinski definition) is 1. The number of aromatic nitrogens is 2. The second-order valence-electron chi connectivity index (χ2n) is 7.89. The summed E-state index contributed by atoms with van der Waals surface area (Å²) in [5.41, 5.74) is 4.35. The molecule has 0 amide bonds. The molecule has 0 unspecified atom stereocenters. The molecule has 3 heterocycles. The minimum Gasteiger partial charge on any atom is -0.497 e. The van der Waals surface area contributed by atoms with Gasteiger partial charge in [-0.2, -0.15) is 0 Å². The molecule has 0 spiro atoms. The summed E-state index contributed by atoms with van der Waals surface area (Å²) in [5.74, 6) is 0.840. The first-order valence-electron chi connectivity index (χ1n) is 10.7. The summed E-state index contributed by atoms with van der Waals surface area (Å²) in [7, 11) is 1.68. The maximum Gasteiger partial charge on any atom is 0.170 e. The zero-order chi connectivity index (χ0) is 22.8. The molecule has 5 nitrogen and oxygen atoms in total. The van der Waals surface area contributed by atoms with Gasteiger partial charge in [-0.15, -0.1) is 0 Å². The van der Waals surface area contributed by atoms with Gasteiger partial charge in [0.1, 0.15) is 5.75 Å². The average Bonchev–Trinajstić information content (AvgIpc) is 3.45. The second-order valence-corrected chi connectivity index (χ2v) is 9.19. The quantitative estimate of drug-likeness (QED) is 0.326. The van der Waals surface area contributed by atoms with E-state index in [0.29, 0.717) is 11.7 Å². The van der Waals surface area contributed by atoms with Crippen molar-refractivity contribution in [1.82, 2.24) is 19.8 Å². The van der Waals surface area contributed by atoms with Crippen LogP contribution in [0.4, 0.5) is 0 Å². The third-order valence-corrected chi connectivity index (χ3v) is 6.73. The van der Waals surface area contributed by atoms with Crippen LogP contribution < -0.4 is 10.1 Å². The number of pyridine rings is 1. The molecule has 0 bridgehead atoms. The number of thiocarbonyl (C=S) groups is 1. The predicted octanol–water partition coefficient (Wildman–Crippen LogP) is 5.82. The lowest BCUT2D eigenvalue weighted by Crippen LogP contribution is -2.30. The Balaban J connectivity index is 1.58. The maximum absolute atomic E-state index is 5.84. The fourth-order valence-corrected chi connectivity index (χ4v) is 5.01. The smallest absolute Gasteiger partial charge is 0.170 e. The Hall–Kier alpha value is -3.16. The van der Waals surface area contributed by atoms with Gasteiger partial charge < -0.3 is 19.5 Å². The highest BCUT2D eigenvalue weighted by Gasteiger charge is 2.41. The minimum atomic E-state index is -0.0715. The zero-order valence-electron chi connectivity index (χ0n) is 18.1. The molecule has 0 saturated carbocycles. The minimum absolute atomic E-state index is 0.0384. The van der Waals surface area contributed by atoms with Gasteiger partial charge in [0.15, 0.2) is 5.11 Å². The van der Waals surface area contributed by atoms with Crippen LogP contribution in [0.5, 0.6) is 5.75 Å². The number of methoxy groups -OCH3 is 1. The molecule has 2 aromatic carbocycles. The molecule has 0 aliphatic carbocycles. The third kappa shape index (κ3) is 4.38. The van der Waals surface area contributed by atoms with Crippen molar-refractivity contribution in [2.24, 2.45) is 0 Å². The number of halogens is 1. The van der Waals surface area contributed by atoms with E-state index < -0.39 is 0 Å². The van der Waals surface area contributed by atoms with Crippen LogP contribution >= 0.6 is 28.1 Å². The molecule has 1 saturated heterocycles. The van der Waals surface area contributed by atoms with Gasteiger partial charge in [-0.3, -0.25) is 4.98 Å². The highest BCUT2D eigenvalue weighted by atomic mass is 79.9. The molecule has 166 valence electrons. The first-order valence-corrected chi connectivity index (χ1v) is 11.9. The lowest BCUT2D eigenvalue weighted by molar-refractivity contribution is 0.302. The van der Waals surface area contributed by atoms with Crippen molar-refractivity contribution in [2.45, 2.75) is 18.6 Å². The van der Waals surface area contributed by atoms with E-state index in [2.05, 4.69) is 84.4 Å². The largest absolute Gasteiger partial charge is 0.497 e. The van der Waals surface area contributed by atoms with Gasteiger partial charge in [0.05, 0.1) is 24.9 Å². The van der Waals surface area contributed by atoms with Crippen LogP contribution in [-0.4, -0.2) is 26.7 Å². The number of nitrogens with zero attached hydrogens (tertiary/aromatic N) is 3. The van der Waals surface area contributed by atoms with Crippen LogP contribution in [0.2, 0.25) is 0 Å². The highest BCUT2D eigenvalue weighted by molar-refractivity contribution is 9.10. The number of ether oxygens (including phenoxy) is 1. The van der Waals surface area contributed by atoms with Crippen LogP contribution in [0.1, 0.15) is 29.0 Å². The van der Waals surface area contributed by atoms with E-state index in [1.165, 1.54) is 0 Å². The summed E-state index contributed by atoms with van der Waals surface area (Å²) in [5, 5.41) is 4.26. The SMILES string of the molecule is COc1ccc(CN2C(=S)N[C@H](c3ccccn3)[C@H]2c2cccn2-c2cccc(Br)c2)cc1. The van der Waals surface area contributed by atoms with Gasteiger partial charge in [-0.05, 0) is 72.4 Å². The van der Waals surface area contributed by atoms with Crippen LogP contribution in [0.15, 0.2) is 95.7 Å². The predicted molar refractivity (Wildman–Crippen MR) is 137 cm³/mol. The van der Waals surface area contributed by atoms with E-state index in [-0.39, 0.29) is 12.1 Å². The van der Waals surface area contributed by atoms with Crippen LogP contribution in [0.3, 0.4) is 0 Å². The molecular formula is C26H23BrN4OS. The van der Waals surface area contributed by atoms with E-state index in [0.717, 1.165) is 32.9 Å². The van der Waals surface area contributed by atoms with E-state index in [9.17, 15) is 0 Å². The third-order valence-electron chi connectivity index (χ3n) is 5.88. The standard InChI is InChI=1S/C26H23BrN4OS/c1-32-21-12-10-18(11-13-21)17-31-25(24(29-26(31)33)22-8-2-3-14-28-22)23-9-5-15-30(23)20-7-4-6-19(27)16-20/h2-16,24-25H,17H2,1H3,(H,29,33)/t24-,25-/m1/s1. The average molecular weight is 519 g/mol. The van der Waals surface area contributed by atoms with Crippen molar-refractivity contribution >= 4 is 33.3 Å². The molecule has 1 aliphatic rings. The molecule has 2 aromatic heterocycles. The van der Waals surface area contributed by atoms with Crippen molar-refractivity contribution in [3.63, 3.8) is 0 Å². The number of nitrogens with one attached hydrogen (secondary N) is 1. The Labute approximate surface area is 207 Å². The van der Waals surface area contributed by atoms with Gasteiger partial charge in [0.2, 0.25) is 0 Å². The van der Waals surface area contributed by atoms with Gasteiger partial charge in [0, 0.05) is 34.8 Å². The van der Waals surface area contributed by atoms with Gasteiger partial charge in [-0.25, -0.2) is 0 Å². The molecule has 33 heavy (non-hydrogen) atoms. The van der Waals surface area contributed by atoms with Gasteiger partial charge in [0.25, 0.3) is 0 Å². The first kappa shape index (κ1) is 21.7. The molecule has 2 atom stereocenters. The molecular weight excluding hydrogens is 496 g/mol. The Kier molecular flexibility index (Phi) is 6.15. The molecule has 7 heteroatoms. The summed E-state index contributed by atoms with van der Waals surface area (Å²) in [6.45, 7) is 0.674. The van der Waals surface area contributed by atoms with Crippen molar-refractivity contribution in [3.8, 4) is 11.4 Å². The fourth-order valence-electron chi connectivity index (χ4n) is 4.32. The molecule has 0 radical (unpaired) electrons. The normalized spacial score (nSPS) is 17.8. The lowest BCUT2D eigenvalue weighted by atomic mass is 10.0. The highest BCUT2D eigenvalue weighted by Crippen LogP contribution is 2.40. The summed E-state index contributed by atoms with van der Waals surface area (Å²) in [6.07, 6.45) is 3.93. The molecule has 1 aliphatic heterocycles. The van der Waals surface area contributed by atoms with Crippen molar-refractivity contribution in [3.05, 3.63) is 113 Å². The molecule has 4 aromatic rings. The number of benzene rings is 2. The topological polar surface area (TPSA) is 42.3 Å². The van der Waals surface area contributed by atoms with Gasteiger partial charge >= 0.3 is 0 Å². The first-order chi connectivity index (χ1) is 16.1. The van der Waals surface area contributed by atoms with Crippen molar-refractivity contribution in [2.75, 3.05) is 7.11 Å². The van der Waals surface area contributed by atoms with E-state index in [1.807, 2.05) is 42.6 Å². The fraction of sp³-hybridized carbons (Fsp3) is 0.154. The monoisotopic (exact) mass is 518 g/mol. The van der Waals surface area contributed by atoms with Crippen LogP contribution in [-0.2, 0) is 6.54 Å². The lowest BCUT2D eigenvalue weighted by Gasteiger charge is -2.29. The second kappa shape index (κ2) is 9.37. The summed E-state index contributed by atoms with van der Waals surface area (Å²) in [6, 6.07) is 26.6. The Morgan fingerprint density at radius 3 is 2.61 bits per heavy atom. The number of rotatable bonds is 6. The maximum atomic E-state index is 5.84. The Morgan fingerprint density at radius 2 is 1.88 bits per heavy atom.